The predicted octanol–water partition coefficient (Wildman–Crippen LogP) is 1.07. The minimum Gasteiger partial charge on any atom is -0.396 e. The van der Waals surface area contributed by atoms with E-state index in [1.54, 1.807) is 6.20 Å². The second kappa shape index (κ2) is 8.70. The molecule has 1 fully saturated rings. The van der Waals surface area contributed by atoms with Crippen LogP contribution in [0.25, 0.3) is 0 Å². The summed E-state index contributed by atoms with van der Waals surface area (Å²) in [6, 6.07) is 4.14. The molecule has 1 saturated heterocycles. The summed E-state index contributed by atoms with van der Waals surface area (Å²) in [5, 5.41) is 11.8. The third-order valence-electron chi connectivity index (χ3n) is 3.95. The number of urea groups is 1. The highest BCUT2D eigenvalue weighted by Crippen LogP contribution is 2.08. The average molecular weight is 306 g/mol. The van der Waals surface area contributed by atoms with Crippen molar-refractivity contribution in [2.45, 2.75) is 32.4 Å². The number of hydrogen-bond donors (Lipinski definition) is 2. The summed E-state index contributed by atoms with van der Waals surface area (Å²) in [6.07, 6.45) is 5.20. The molecular formula is C16H26N4O2. The third kappa shape index (κ3) is 5.27. The van der Waals surface area contributed by atoms with E-state index in [-0.39, 0.29) is 18.7 Å². The Hall–Kier alpha value is -1.66. The van der Waals surface area contributed by atoms with Crippen molar-refractivity contribution in [3.05, 3.63) is 30.1 Å². The molecule has 0 bridgehead atoms. The second-order valence-corrected chi connectivity index (χ2v) is 5.84. The maximum atomic E-state index is 12.2. The average Bonchev–Trinajstić information content (AvgIpc) is 2.54. The van der Waals surface area contributed by atoms with Crippen LogP contribution in [-0.4, -0.2) is 64.7 Å². The van der Waals surface area contributed by atoms with Crippen molar-refractivity contribution in [1.82, 2.24) is 20.1 Å². The third-order valence-corrected chi connectivity index (χ3v) is 3.95. The molecule has 6 heteroatoms. The van der Waals surface area contributed by atoms with Gasteiger partial charge in [-0.25, -0.2) is 4.79 Å². The monoisotopic (exact) mass is 306 g/mol. The Balaban J connectivity index is 1.71. The molecule has 2 heterocycles. The number of piperazine rings is 1. The van der Waals surface area contributed by atoms with E-state index >= 15 is 0 Å². The molecule has 0 spiro atoms. The van der Waals surface area contributed by atoms with Crippen LogP contribution in [0, 0.1) is 0 Å². The van der Waals surface area contributed by atoms with E-state index in [1.807, 2.05) is 24.1 Å². The fourth-order valence-corrected chi connectivity index (χ4v) is 2.63. The number of carbonyl (C=O) groups excluding carboxylic acids is 1. The molecule has 1 unspecified atom stereocenters. The SMILES string of the molecule is CC(CCCO)NC(=O)N1CCN(Cc2cccnc2)CC1. The summed E-state index contributed by atoms with van der Waals surface area (Å²) in [7, 11) is 0. The van der Waals surface area contributed by atoms with Crippen LogP contribution in [0.3, 0.4) is 0 Å². The van der Waals surface area contributed by atoms with Gasteiger partial charge in [-0.1, -0.05) is 6.07 Å². The van der Waals surface area contributed by atoms with Gasteiger partial charge >= 0.3 is 6.03 Å². The molecule has 0 saturated carbocycles. The van der Waals surface area contributed by atoms with Gasteiger partial charge in [-0.2, -0.15) is 0 Å². The topological polar surface area (TPSA) is 68.7 Å². The Labute approximate surface area is 132 Å². The number of carbonyl (C=O) groups is 1. The Morgan fingerprint density at radius 2 is 2.18 bits per heavy atom. The van der Waals surface area contributed by atoms with Crippen molar-refractivity contribution in [1.29, 1.82) is 0 Å². The van der Waals surface area contributed by atoms with Gasteiger partial charge in [0.1, 0.15) is 0 Å². The molecule has 0 radical (unpaired) electrons. The lowest BCUT2D eigenvalue weighted by Crippen LogP contribution is -2.52. The predicted molar refractivity (Wildman–Crippen MR) is 85.4 cm³/mol. The zero-order chi connectivity index (χ0) is 15.8. The van der Waals surface area contributed by atoms with Gasteiger partial charge in [0.25, 0.3) is 0 Å². The highest BCUT2D eigenvalue weighted by atomic mass is 16.3. The van der Waals surface area contributed by atoms with Crippen molar-refractivity contribution < 1.29 is 9.90 Å². The van der Waals surface area contributed by atoms with E-state index in [0.717, 1.165) is 45.6 Å². The molecule has 1 aromatic heterocycles. The van der Waals surface area contributed by atoms with Crippen LogP contribution < -0.4 is 5.32 Å². The van der Waals surface area contributed by atoms with Crippen LogP contribution in [0.4, 0.5) is 4.79 Å². The molecule has 22 heavy (non-hydrogen) atoms. The first-order valence-electron chi connectivity index (χ1n) is 7.96. The summed E-state index contributed by atoms with van der Waals surface area (Å²) in [5.74, 6) is 0. The Morgan fingerprint density at radius 1 is 1.41 bits per heavy atom. The zero-order valence-electron chi connectivity index (χ0n) is 13.2. The molecule has 122 valence electrons. The number of rotatable bonds is 6. The smallest absolute Gasteiger partial charge is 0.317 e. The van der Waals surface area contributed by atoms with Crippen LogP contribution in [0.15, 0.2) is 24.5 Å². The maximum absolute atomic E-state index is 12.2. The standard InChI is InChI=1S/C16H26N4O2/c1-14(4-3-11-21)18-16(22)20-9-7-19(8-10-20)13-15-5-2-6-17-12-15/h2,5-6,12,14,21H,3-4,7-11,13H2,1H3,(H,18,22). The molecule has 1 aliphatic rings. The second-order valence-electron chi connectivity index (χ2n) is 5.84. The minimum absolute atomic E-state index is 0.00599. The maximum Gasteiger partial charge on any atom is 0.317 e. The Morgan fingerprint density at radius 3 is 2.82 bits per heavy atom. The Bertz CT molecular complexity index is 447. The van der Waals surface area contributed by atoms with Crippen LogP contribution in [0.1, 0.15) is 25.3 Å². The highest BCUT2D eigenvalue weighted by molar-refractivity contribution is 5.74. The molecule has 1 aromatic rings. The van der Waals surface area contributed by atoms with Gasteiger partial charge in [-0.3, -0.25) is 9.88 Å². The van der Waals surface area contributed by atoms with Crippen LogP contribution >= 0.6 is 0 Å². The summed E-state index contributed by atoms with van der Waals surface area (Å²) >= 11 is 0. The van der Waals surface area contributed by atoms with E-state index in [2.05, 4.69) is 21.3 Å². The van der Waals surface area contributed by atoms with Crippen molar-refractivity contribution in [2.75, 3.05) is 32.8 Å². The number of pyridine rings is 1. The van der Waals surface area contributed by atoms with Gasteiger partial charge in [0.2, 0.25) is 0 Å². The molecule has 0 aliphatic carbocycles. The van der Waals surface area contributed by atoms with Crippen molar-refractivity contribution in [3.8, 4) is 0 Å². The molecule has 2 N–H and O–H groups in total. The fraction of sp³-hybridized carbons (Fsp3) is 0.625. The van der Waals surface area contributed by atoms with Crippen LogP contribution in [0.2, 0.25) is 0 Å². The number of aliphatic hydroxyl groups excluding tert-OH is 1. The van der Waals surface area contributed by atoms with Gasteiger partial charge in [-0.15, -0.1) is 0 Å². The quantitative estimate of drug-likeness (QED) is 0.825. The Kier molecular flexibility index (Phi) is 6.61. The normalized spacial score (nSPS) is 17.3. The first-order chi connectivity index (χ1) is 10.7. The molecule has 0 aromatic carbocycles. The molecular weight excluding hydrogens is 280 g/mol. The number of nitrogens with zero attached hydrogens (tertiary/aromatic N) is 3. The van der Waals surface area contributed by atoms with E-state index in [9.17, 15) is 4.79 Å². The summed E-state index contributed by atoms with van der Waals surface area (Å²) < 4.78 is 0. The van der Waals surface area contributed by atoms with E-state index in [4.69, 9.17) is 5.11 Å². The molecule has 1 aliphatic heterocycles. The number of nitrogens with one attached hydrogen (secondary N) is 1. The zero-order valence-corrected chi connectivity index (χ0v) is 13.2. The number of aliphatic hydroxyl groups is 1. The highest BCUT2D eigenvalue weighted by Gasteiger charge is 2.21. The van der Waals surface area contributed by atoms with Crippen LogP contribution in [-0.2, 0) is 6.54 Å². The lowest BCUT2D eigenvalue weighted by atomic mass is 10.2. The molecule has 1 atom stereocenters. The van der Waals surface area contributed by atoms with Crippen LogP contribution in [0.5, 0.6) is 0 Å². The number of amides is 2. The molecule has 6 nitrogen and oxygen atoms in total. The van der Waals surface area contributed by atoms with Gasteiger partial charge in [0.05, 0.1) is 0 Å². The number of hydrogen-bond acceptors (Lipinski definition) is 4. The van der Waals surface area contributed by atoms with Gasteiger partial charge in [0.15, 0.2) is 0 Å². The lowest BCUT2D eigenvalue weighted by Gasteiger charge is -2.35. The van der Waals surface area contributed by atoms with E-state index in [0.29, 0.717) is 0 Å². The number of aromatic nitrogens is 1. The minimum atomic E-state index is 0.00599. The van der Waals surface area contributed by atoms with Crippen molar-refractivity contribution in [3.63, 3.8) is 0 Å². The van der Waals surface area contributed by atoms with Gasteiger partial charge in [0, 0.05) is 57.8 Å². The van der Waals surface area contributed by atoms with E-state index < -0.39 is 0 Å². The van der Waals surface area contributed by atoms with E-state index in [1.165, 1.54) is 5.56 Å². The lowest BCUT2D eigenvalue weighted by molar-refractivity contribution is 0.133. The first-order valence-corrected chi connectivity index (χ1v) is 7.96. The largest absolute Gasteiger partial charge is 0.396 e. The first kappa shape index (κ1) is 16.7. The summed E-state index contributed by atoms with van der Waals surface area (Å²) in [6.45, 7) is 6.30. The van der Waals surface area contributed by atoms with Crippen molar-refractivity contribution in [2.24, 2.45) is 0 Å². The fourth-order valence-electron chi connectivity index (χ4n) is 2.63. The van der Waals surface area contributed by atoms with Gasteiger partial charge in [-0.05, 0) is 31.4 Å². The van der Waals surface area contributed by atoms with Gasteiger partial charge < -0.3 is 15.3 Å². The summed E-state index contributed by atoms with van der Waals surface area (Å²) in [4.78, 5) is 20.5. The summed E-state index contributed by atoms with van der Waals surface area (Å²) in [5.41, 5.74) is 1.21. The van der Waals surface area contributed by atoms with Crippen molar-refractivity contribution >= 4 is 6.03 Å². The molecule has 2 amide bonds. The molecule has 2 rings (SSSR count).